The Bertz CT molecular complexity index is 815. The Morgan fingerprint density at radius 3 is 2.55 bits per heavy atom. The van der Waals surface area contributed by atoms with Crippen molar-refractivity contribution in [3.63, 3.8) is 0 Å². The molecule has 0 aromatic carbocycles. The minimum atomic E-state index is -0.873. The van der Waals surface area contributed by atoms with E-state index in [0.29, 0.717) is 43.5 Å². The summed E-state index contributed by atoms with van der Waals surface area (Å²) in [6.07, 6.45) is 7.68. The number of rotatable bonds is 8. The number of carbonyl (C=O) groups is 3. The van der Waals surface area contributed by atoms with E-state index in [1.165, 1.54) is 17.7 Å². The molecule has 1 aromatic rings. The second kappa shape index (κ2) is 8.97. The molecule has 4 rings (SSSR count). The summed E-state index contributed by atoms with van der Waals surface area (Å²) in [4.78, 5) is 46.6. The van der Waals surface area contributed by atoms with Crippen molar-refractivity contribution in [2.75, 3.05) is 13.1 Å². The number of hydrogen-bond donors (Lipinski definition) is 1. The van der Waals surface area contributed by atoms with Crippen molar-refractivity contribution in [1.82, 2.24) is 20.1 Å². The summed E-state index contributed by atoms with van der Waals surface area (Å²) in [7, 11) is 0. The van der Waals surface area contributed by atoms with E-state index in [0.717, 1.165) is 19.3 Å². The van der Waals surface area contributed by atoms with Crippen LogP contribution >= 0.6 is 0 Å². The molecule has 0 radical (unpaired) electrons. The molecule has 7 heteroatoms. The highest BCUT2D eigenvalue weighted by molar-refractivity contribution is 6.07. The molecular formula is C24H34N4O3. The minimum absolute atomic E-state index is 0.0430. The van der Waals surface area contributed by atoms with Crippen molar-refractivity contribution in [1.29, 1.82) is 0 Å². The molecule has 3 heterocycles. The van der Waals surface area contributed by atoms with Crippen LogP contribution in [-0.4, -0.2) is 51.3 Å². The van der Waals surface area contributed by atoms with Gasteiger partial charge in [0, 0.05) is 25.7 Å². The maximum atomic E-state index is 13.7. The molecule has 0 bridgehead atoms. The molecule has 1 N–H and O–H groups in total. The SMILES string of the molecule is CC(C)CC[C@@]1(C2CCN(C(=O)CC3CC3)CC2)NC(=O)N(Cc2ccccn2)C1=O. The van der Waals surface area contributed by atoms with Gasteiger partial charge in [-0.3, -0.25) is 19.5 Å². The smallest absolute Gasteiger partial charge is 0.325 e. The lowest BCUT2D eigenvalue weighted by Gasteiger charge is -2.41. The first kappa shape index (κ1) is 21.8. The number of aromatic nitrogens is 1. The van der Waals surface area contributed by atoms with Gasteiger partial charge in [0.1, 0.15) is 5.54 Å². The first-order chi connectivity index (χ1) is 14.9. The van der Waals surface area contributed by atoms with E-state index in [4.69, 9.17) is 0 Å². The van der Waals surface area contributed by atoms with E-state index in [9.17, 15) is 14.4 Å². The Morgan fingerprint density at radius 1 is 1.19 bits per heavy atom. The highest BCUT2D eigenvalue weighted by Crippen LogP contribution is 2.39. The fourth-order valence-electron chi connectivity index (χ4n) is 4.93. The first-order valence-corrected chi connectivity index (χ1v) is 11.7. The number of pyridine rings is 1. The van der Waals surface area contributed by atoms with E-state index in [2.05, 4.69) is 24.1 Å². The molecule has 2 aliphatic heterocycles. The average molecular weight is 427 g/mol. The third-order valence-corrected chi connectivity index (χ3v) is 7.07. The number of hydrogen-bond acceptors (Lipinski definition) is 4. The lowest BCUT2D eigenvalue weighted by atomic mass is 9.73. The molecule has 2 saturated heterocycles. The maximum Gasteiger partial charge on any atom is 0.325 e. The number of carbonyl (C=O) groups excluding carboxylic acids is 3. The van der Waals surface area contributed by atoms with Crippen molar-refractivity contribution < 1.29 is 14.4 Å². The van der Waals surface area contributed by atoms with Gasteiger partial charge in [-0.05, 0) is 68.4 Å². The zero-order valence-electron chi connectivity index (χ0n) is 18.7. The van der Waals surface area contributed by atoms with Crippen LogP contribution in [0.15, 0.2) is 24.4 Å². The Morgan fingerprint density at radius 2 is 1.94 bits per heavy atom. The molecule has 1 aromatic heterocycles. The van der Waals surface area contributed by atoms with Crippen molar-refractivity contribution in [2.24, 2.45) is 17.8 Å². The number of likely N-dealkylation sites (tertiary alicyclic amines) is 1. The minimum Gasteiger partial charge on any atom is -0.343 e. The van der Waals surface area contributed by atoms with Crippen LogP contribution in [0.4, 0.5) is 4.79 Å². The molecular weight excluding hydrogens is 392 g/mol. The number of urea groups is 1. The second-order valence-electron chi connectivity index (χ2n) is 9.85. The van der Waals surface area contributed by atoms with Gasteiger partial charge in [0.25, 0.3) is 5.91 Å². The Kier molecular flexibility index (Phi) is 6.30. The molecule has 1 aliphatic carbocycles. The van der Waals surface area contributed by atoms with E-state index in [1.54, 1.807) is 6.20 Å². The van der Waals surface area contributed by atoms with E-state index in [1.807, 2.05) is 23.1 Å². The van der Waals surface area contributed by atoms with Crippen molar-refractivity contribution in [2.45, 2.75) is 70.9 Å². The molecule has 0 unspecified atom stereocenters. The van der Waals surface area contributed by atoms with Crippen LogP contribution < -0.4 is 5.32 Å². The van der Waals surface area contributed by atoms with Crippen molar-refractivity contribution in [3.05, 3.63) is 30.1 Å². The van der Waals surface area contributed by atoms with Gasteiger partial charge in [0.2, 0.25) is 5.91 Å². The zero-order valence-corrected chi connectivity index (χ0v) is 18.7. The third kappa shape index (κ3) is 4.75. The molecule has 0 spiro atoms. The van der Waals surface area contributed by atoms with Crippen LogP contribution in [0.2, 0.25) is 0 Å². The van der Waals surface area contributed by atoms with Gasteiger partial charge in [-0.25, -0.2) is 4.79 Å². The monoisotopic (exact) mass is 426 g/mol. The lowest BCUT2D eigenvalue weighted by molar-refractivity contribution is -0.136. The standard InChI is InChI=1S/C24H34N4O3/c1-17(2)8-11-24(19-9-13-27(14-10-19)21(29)15-18-6-7-18)22(30)28(23(31)26-24)16-20-5-3-4-12-25-20/h3-5,12,17-19H,6-11,13-16H2,1-2H3,(H,26,31)/t24-/m0/s1. The summed E-state index contributed by atoms with van der Waals surface area (Å²) in [6.45, 7) is 5.80. The predicted octanol–water partition coefficient (Wildman–Crippen LogP) is 3.35. The molecule has 4 amide bonds. The average Bonchev–Trinajstić information content (AvgIpc) is 3.55. The summed E-state index contributed by atoms with van der Waals surface area (Å²) in [5.41, 5.74) is -0.173. The lowest BCUT2D eigenvalue weighted by Crippen LogP contribution is -2.56. The number of imide groups is 1. The normalized spacial score (nSPS) is 24.7. The largest absolute Gasteiger partial charge is 0.343 e. The van der Waals surface area contributed by atoms with Gasteiger partial charge in [-0.15, -0.1) is 0 Å². The van der Waals surface area contributed by atoms with Crippen LogP contribution in [-0.2, 0) is 16.1 Å². The molecule has 1 atom stereocenters. The summed E-state index contributed by atoms with van der Waals surface area (Å²) >= 11 is 0. The van der Waals surface area contributed by atoms with Crippen LogP contribution in [0.3, 0.4) is 0 Å². The van der Waals surface area contributed by atoms with E-state index in [-0.39, 0.29) is 30.3 Å². The summed E-state index contributed by atoms with van der Waals surface area (Å²) in [5.74, 6) is 1.17. The highest BCUT2D eigenvalue weighted by atomic mass is 16.2. The van der Waals surface area contributed by atoms with Crippen molar-refractivity contribution >= 4 is 17.8 Å². The number of piperidine rings is 1. The number of nitrogens with zero attached hydrogens (tertiary/aromatic N) is 3. The first-order valence-electron chi connectivity index (χ1n) is 11.7. The van der Waals surface area contributed by atoms with Crippen molar-refractivity contribution in [3.8, 4) is 0 Å². The third-order valence-electron chi connectivity index (χ3n) is 7.07. The van der Waals surface area contributed by atoms with Gasteiger partial charge >= 0.3 is 6.03 Å². The summed E-state index contributed by atoms with van der Waals surface area (Å²) in [6, 6.07) is 5.19. The van der Waals surface area contributed by atoms with Gasteiger partial charge in [-0.2, -0.15) is 0 Å². The predicted molar refractivity (Wildman–Crippen MR) is 117 cm³/mol. The molecule has 3 fully saturated rings. The van der Waals surface area contributed by atoms with Gasteiger partial charge < -0.3 is 10.2 Å². The van der Waals surface area contributed by atoms with Crippen LogP contribution in [0, 0.1) is 17.8 Å². The van der Waals surface area contributed by atoms with Crippen LogP contribution in [0.5, 0.6) is 0 Å². The molecule has 168 valence electrons. The maximum absolute atomic E-state index is 13.7. The zero-order chi connectivity index (χ0) is 22.0. The Balaban J connectivity index is 1.48. The van der Waals surface area contributed by atoms with Gasteiger partial charge in [-0.1, -0.05) is 19.9 Å². The quantitative estimate of drug-likeness (QED) is 0.646. The second-order valence-corrected chi connectivity index (χ2v) is 9.85. The summed E-state index contributed by atoms with van der Waals surface area (Å²) < 4.78 is 0. The Labute approximate surface area is 184 Å². The van der Waals surface area contributed by atoms with Gasteiger partial charge in [0.15, 0.2) is 0 Å². The fourth-order valence-corrected chi connectivity index (χ4v) is 4.93. The van der Waals surface area contributed by atoms with E-state index >= 15 is 0 Å². The van der Waals surface area contributed by atoms with E-state index < -0.39 is 5.54 Å². The molecule has 31 heavy (non-hydrogen) atoms. The number of nitrogens with one attached hydrogen (secondary N) is 1. The summed E-state index contributed by atoms with van der Waals surface area (Å²) in [5, 5.41) is 3.11. The molecule has 1 saturated carbocycles. The van der Waals surface area contributed by atoms with Crippen LogP contribution in [0.1, 0.15) is 64.5 Å². The van der Waals surface area contributed by atoms with Gasteiger partial charge in [0.05, 0.1) is 12.2 Å². The molecule has 7 nitrogen and oxygen atoms in total. The van der Waals surface area contributed by atoms with Crippen LogP contribution in [0.25, 0.3) is 0 Å². The highest BCUT2D eigenvalue weighted by Gasteiger charge is 2.55. The Hall–Kier alpha value is -2.44. The topological polar surface area (TPSA) is 82.6 Å². The fraction of sp³-hybridized carbons (Fsp3) is 0.667. The number of amides is 4. The molecule has 3 aliphatic rings.